The molecular formula is C27H29N3O3. The van der Waals surface area contributed by atoms with E-state index in [4.69, 9.17) is 14.5 Å². The fraction of sp³-hybridized carbons (Fsp3) is 0.259. The number of aromatic nitrogens is 2. The van der Waals surface area contributed by atoms with Crippen LogP contribution in [-0.2, 0) is 24.2 Å². The van der Waals surface area contributed by atoms with Crippen LogP contribution < -0.4 is 14.8 Å². The van der Waals surface area contributed by atoms with Crippen LogP contribution in [0.5, 0.6) is 11.5 Å². The van der Waals surface area contributed by atoms with Gasteiger partial charge in [0.25, 0.3) is 0 Å². The van der Waals surface area contributed by atoms with Crippen molar-refractivity contribution in [3.63, 3.8) is 0 Å². The predicted octanol–water partition coefficient (Wildman–Crippen LogP) is 4.42. The van der Waals surface area contributed by atoms with Crippen molar-refractivity contribution in [2.75, 3.05) is 19.8 Å². The summed E-state index contributed by atoms with van der Waals surface area (Å²) in [5.41, 5.74) is 3.01. The van der Waals surface area contributed by atoms with Gasteiger partial charge in [-0.25, -0.2) is 4.98 Å². The van der Waals surface area contributed by atoms with Crippen LogP contribution >= 0.6 is 0 Å². The Morgan fingerprint density at radius 1 is 0.909 bits per heavy atom. The smallest absolute Gasteiger partial charge is 0.224 e. The Morgan fingerprint density at radius 2 is 1.61 bits per heavy atom. The molecule has 1 amide bonds. The van der Waals surface area contributed by atoms with Gasteiger partial charge < -0.3 is 19.4 Å². The van der Waals surface area contributed by atoms with Crippen LogP contribution in [0, 0.1) is 0 Å². The average Bonchev–Trinajstić information content (AvgIpc) is 3.18. The number of para-hydroxylation sites is 4. The Morgan fingerprint density at radius 3 is 2.39 bits per heavy atom. The molecule has 6 nitrogen and oxygen atoms in total. The average molecular weight is 444 g/mol. The number of fused-ring (bicyclic) bond motifs is 1. The van der Waals surface area contributed by atoms with Gasteiger partial charge in [-0.3, -0.25) is 4.79 Å². The van der Waals surface area contributed by atoms with E-state index in [0.29, 0.717) is 39.1 Å². The Hall–Kier alpha value is -3.80. The van der Waals surface area contributed by atoms with Gasteiger partial charge in [-0.2, -0.15) is 0 Å². The fourth-order valence-corrected chi connectivity index (χ4v) is 3.81. The molecule has 0 radical (unpaired) electrons. The van der Waals surface area contributed by atoms with E-state index in [2.05, 4.69) is 16.0 Å². The number of benzene rings is 3. The van der Waals surface area contributed by atoms with E-state index in [9.17, 15) is 4.79 Å². The third kappa shape index (κ3) is 5.92. The summed E-state index contributed by atoms with van der Waals surface area (Å²) in [5.74, 6) is 2.42. The van der Waals surface area contributed by atoms with Crippen molar-refractivity contribution >= 4 is 16.9 Å². The number of imidazole rings is 1. The van der Waals surface area contributed by atoms with Gasteiger partial charge in [-0.05, 0) is 36.8 Å². The topological polar surface area (TPSA) is 65.4 Å². The molecule has 4 aromatic rings. The van der Waals surface area contributed by atoms with Crippen molar-refractivity contribution in [2.45, 2.75) is 26.3 Å². The lowest BCUT2D eigenvalue weighted by atomic mass is 10.1. The molecule has 1 aromatic heterocycles. The van der Waals surface area contributed by atoms with Gasteiger partial charge in [0.15, 0.2) is 11.5 Å². The third-order valence-corrected chi connectivity index (χ3v) is 5.33. The first-order chi connectivity index (χ1) is 16.2. The van der Waals surface area contributed by atoms with Crippen LogP contribution in [-0.4, -0.2) is 35.2 Å². The summed E-state index contributed by atoms with van der Waals surface area (Å²) in [4.78, 5) is 17.1. The van der Waals surface area contributed by atoms with E-state index in [-0.39, 0.29) is 5.91 Å². The highest BCUT2D eigenvalue weighted by Crippen LogP contribution is 2.26. The van der Waals surface area contributed by atoms with Crippen molar-refractivity contribution in [1.82, 2.24) is 14.9 Å². The number of carbonyl (C=O) groups is 1. The molecule has 0 unspecified atom stereocenters. The zero-order chi connectivity index (χ0) is 22.9. The van der Waals surface area contributed by atoms with Crippen LogP contribution in [0.25, 0.3) is 11.0 Å². The molecule has 0 fully saturated rings. The van der Waals surface area contributed by atoms with E-state index in [1.54, 1.807) is 0 Å². The highest BCUT2D eigenvalue weighted by molar-refractivity contribution is 5.78. The molecular weight excluding hydrogens is 414 g/mol. The highest BCUT2D eigenvalue weighted by Gasteiger charge is 2.12. The molecule has 1 heterocycles. The van der Waals surface area contributed by atoms with Crippen LogP contribution in [0.4, 0.5) is 0 Å². The van der Waals surface area contributed by atoms with Crippen LogP contribution in [0.15, 0.2) is 78.9 Å². The summed E-state index contributed by atoms with van der Waals surface area (Å²) in [5, 5.41) is 3.01. The van der Waals surface area contributed by atoms with Gasteiger partial charge in [0.2, 0.25) is 5.91 Å². The lowest BCUT2D eigenvalue weighted by Gasteiger charge is -2.14. The minimum Gasteiger partial charge on any atom is -0.490 e. The summed E-state index contributed by atoms with van der Waals surface area (Å²) in [6.07, 6.45) is 1.02. The second kappa shape index (κ2) is 11.2. The fourth-order valence-electron chi connectivity index (χ4n) is 3.81. The zero-order valence-corrected chi connectivity index (χ0v) is 18.9. The highest BCUT2D eigenvalue weighted by atomic mass is 16.5. The SMILES string of the molecule is CCOc1ccccc1OCCn1c(CCNC(=O)Cc2ccccc2)nc2ccccc21. The number of nitrogens with one attached hydrogen (secondary N) is 1. The molecule has 0 saturated carbocycles. The number of hydrogen-bond acceptors (Lipinski definition) is 4. The van der Waals surface area contributed by atoms with Gasteiger partial charge in [0, 0.05) is 13.0 Å². The molecule has 0 saturated heterocycles. The number of carbonyl (C=O) groups excluding carboxylic acids is 1. The zero-order valence-electron chi connectivity index (χ0n) is 18.9. The van der Waals surface area contributed by atoms with E-state index < -0.39 is 0 Å². The Balaban J connectivity index is 1.39. The summed E-state index contributed by atoms with van der Waals surface area (Å²) in [6.45, 7) is 4.21. The van der Waals surface area contributed by atoms with Crippen LogP contribution in [0.1, 0.15) is 18.3 Å². The Bertz CT molecular complexity index is 1190. The van der Waals surface area contributed by atoms with E-state index in [1.165, 1.54) is 0 Å². The van der Waals surface area contributed by atoms with E-state index in [1.807, 2.05) is 79.7 Å². The van der Waals surface area contributed by atoms with Crippen molar-refractivity contribution in [3.8, 4) is 11.5 Å². The minimum absolute atomic E-state index is 0.0136. The maximum atomic E-state index is 12.3. The van der Waals surface area contributed by atoms with Gasteiger partial charge in [0.1, 0.15) is 12.4 Å². The first-order valence-corrected chi connectivity index (χ1v) is 11.3. The van der Waals surface area contributed by atoms with Crippen molar-refractivity contribution in [2.24, 2.45) is 0 Å². The maximum absolute atomic E-state index is 12.3. The van der Waals surface area contributed by atoms with Crippen LogP contribution in [0.2, 0.25) is 0 Å². The molecule has 4 rings (SSSR count). The molecule has 6 heteroatoms. The number of ether oxygens (including phenoxy) is 2. The first-order valence-electron chi connectivity index (χ1n) is 11.3. The third-order valence-electron chi connectivity index (χ3n) is 5.33. The standard InChI is InChI=1S/C27H29N3O3/c1-2-32-24-14-8-9-15-25(24)33-19-18-30-23-13-7-6-12-22(23)29-26(30)16-17-28-27(31)20-21-10-4-3-5-11-21/h3-15H,2,16-20H2,1H3,(H,28,31). The van der Waals surface area contributed by atoms with Gasteiger partial charge in [-0.1, -0.05) is 54.6 Å². The molecule has 0 aliphatic heterocycles. The lowest BCUT2D eigenvalue weighted by Crippen LogP contribution is -2.28. The largest absolute Gasteiger partial charge is 0.490 e. The molecule has 0 spiro atoms. The quantitative estimate of drug-likeness (QED) is 0.373. The summed E-state index contributed by atoms with van der Waals surface area (Å²) in [6, 6.07) is 25.5. The molecule has 0 aliphatic carbocycles. The lowest BCUT2D eigenvalue weighted by molar-refractivity contribution is -0.120. The molecule has 0 atom stereocenters. The molecule has 3 aromatic carbocycles. The van der Waals surface area contributed by atoms with Crippen LogP contribution in [0.3, 0.4) is 0 Å². The second-order valence-electron chi connectivity index (χ2n) is 7.66. The van der Waals surface area contributed by atoms with Gasteiger partial charge >= 0.3 is 0 Å². The van der Waals surface area contributed by atoms with Gasteiger partial charge in [0.05, 0.1) is 30.6 Å². The van der Waals surface area contributed by atoms with Crippen molar-refractivity contribution < 1.29 is 14.3 Å². The molecule has 0 bridgehead atoms. The molecule has 33 heavy (non-hydrogen) atoms. The normalized spacial score (nSPS) is 10.8. The second-order valence-corrected chi connectivity index (χ2v) is 7.66. The van der Waals surface area contributed by atoms with Gasteiger partial charge in [-0.15, -0.1) is 0 Å². The number of hydrogen-bond donors (Lipinski definition) is 1. The Labute approximate surface area is 194 Å². The number of nitrogens with zero attached hydrogens (tertiary/aromatic N) is 2. The maximum Gasteiger partial charge on any atom is 0.224 e. The van der Waals surface area contributed by atoms with E-state index in [0.717, 1.165) is 33.9 Å². The molecule has 170 valence electrons. The Kier molecular flexibility index (Phi) is 7.59. The van der Waals surface area contributed by atoms with E-state index >= 15 is 0 Å². The number of rotatable bonds is 11. The number of amides is 1. The summed E-state index contributed by atoms with van der Waals surface area (Å²) >= 11 is 0. The minimum atomic E-state index is 0.0136. The van der Waals surface area contributed by atoms with Crippen molar-refractivity contribution in [1.29, 1.82) is 0 Å². The van der Waals surface area contributed by atoms with Crippen molar-refractivity contribution in [3.05, 3.63) is 90.3 Å². The monoisotopic (exact) mass is 443 g/mol. The summed E-state index contributed by atoms with van der Waals surface area (Å²) < 4.78 is 13.9. The molecule has 0 aliphatic rings. The predicted molar refractivity (Wildman–Crippen MR) is 130 cm³/mol. The first kappa shape index (κ1) is 22.4. The summed E-state index contributed by atoms with van der Waals surface area (Å²) in [7, 11) is 0. The molecule has 1 N–H and O–H groups in total.